The van der Waals surface area contributed by atoms with Crippen LogP contribution < -0.4 is 0 Å². The van der Waals surface area contributed by atoms with Crippen LogP contribution in [0.25, 0.3) is 144 Å². The van der Waals surface area contributed by atoms with Crippen molar-refractivity contribution in [1.29, 1.82) is 0 Å². The van der Waals surface area contributed by atoms with Gasteiger partial charge in [-0.1, -0.05) is 200 Å². The molecule has 11 aromatic carbocycles. The average Bonchev–Trinajstić information content (AvgIpc) is 4.17. The zero-order valence-corrected chi connectivity index (χ0v) is 40.5. The van der Waals surface area contributed by atoms with E-state index in [0.717, 1.165) is 94.1 Å². The van der Waals surface area contributed by atoms with E-state index < -0.39 is 0 Å². The van der Waals surface area contributed by atoms with Gasteiger partial charge in [-0.3, -0.25) is 0 Å². The minimum absolute atomic E-state index is 0.563. The van der Waals surface area contributed by atoms with E-state index in [2.05, 4.69) is 228 Å². The van der Waals surface area contributed by atoms with Crippen molar-refractivity contribution in [1.82, 2.24) is 24.1 Å². The van der Waals surface area contributed by atoms with E-state index in [4.69, 9.17) is 19.4 Å². The van der Waals surface area contributed by atoms with E-state index >= 15 is 0 Å². The number of hydrogen-bond donors (Lipinski definition) is 0. The minimum Gasteiger partial charge on any atom is -0.456 e. The minimum atomic E-state index is 0.563. The molecule has 0 aliphatic carbocycles. The van der Waals surface area contributed by atoms with Crippen molar-refractivity contribution >= 4 is 65.6 Å². The molecule has 0 radical (unpaired) electrons. The van der Waals surface area contributed by atoms with Crippen LogP contribution in [0.1, 0.15) is 0 Å². The Morgan fingerprint density at radius 3 is 1.45 bits per heavy atom. The summed E-state index contributed by atoms with van der Waals surface area (Å²) in [6.45, 7) is 0. The number of nitrogens with zero attached hydrogens (tertiary/aromatic N) is 5. The first-order valence-electron chi connectivity index (χ1n) is 25.4. The highest BCUT2D eigenvalue weighted by atomic mass is 16.3. The number of fused-ring (bicyclic) bond motifs is 9. The summed E-state index contributed by atoms with van der Waals surface area (Å²) in [5.41, 5.74) is 17.7. The van der Waals surface area contributed by atoms with Gasteiger partial charge in [0.25, 0.3) is 0 Å². The fourth-order valence-electron chi connectivity index (χ4n) is 11.6. The molecule has 0 spiro atoms. The highest BCUT2D eigenvalue weighted by Gasteiger charge is 2.25. The van der Waals surface area contributed by atoms with Crippen molar-refractivity contribution < 1.29 is 4.42 Å². The maximum Gasteiger partial charge on any atom is 0.166 e. The lowest BCUT2D eigenvalue weighted by Gasteiger charge is -2.15. The quantitative estimate of drug-likeness (QED) is 0.152. The summed E-state index contributed by atoms with van der Waals surface area (Å²) >= 11 is 0. The smallest absolute Gasteiger partial charge is 0.166 e. The fraction of sp³-hybridized carbons (Fsp3) is 0. The molecule has 0 bridgehead atoms. The zero-order chi connectivity index (χ0) is 49.4. The second-order valence-corrected chi connectivity index (χ2v) is 19.0. The molecule has 0 saturated carbocycles. The third-order valence-corrected chi connectivity index (χ3v) is 14.8. The van der Waals surface area contributed by atoms with Crippen LogP contribution in [-0.4, -0.2) is 24.1 Å². The normalized spacial score (nSPS) is 11.7. The standard InChI is InChI=1S/C69H43N5O/c1-5-21-44(22-6-1)47-41-42-53-60(43-47)73(48-27-11-4-12-28-48)58-37-17-32-51(64(53)58)50-33-18-38-59-63(50)52-29-13-15-35-56(52)74(59)57-36-16-14-30-54(57)68-70-67(46-25-9-3-10-26-46)71-69(72-68)55-34-20-40-62-66(55)65-49(31-19-39-61(65)75-62)45-23-7-2-8-24-45/h1-43H. The first kappa shape index (κ1) is 42.5. The van der Waals surface area contributed by atoms with E-state index in [-0.39, 0.29) is 0 Å². The van der Waals surface area contributed by atoms with E-state index in [1.807, 2.05) is 42.5 Å². The van der Waals surface area contributed by atoms with Crippen molar-refractivity contribution in [3.63, 3.8) is 0 Å². The van der Waals surface area contributed by atoms with E-state index in [1.54, 1.807) is 0 Å². The first-order valence-corrected chi connectivity index (χ1v) is 25.4. The monoisotopic (exact) mass is 957 g/mol. The third-order valence-electron chi connectivity index (χ3n) is 14.8. The topological polar surface area (TPSA) is 61.7 Å². The second-order valence-electron chi connectivity index (χ2n) is 19.0. The highest BCUT2D eigenvalue weighted by molar-refractivity contribution is 6.23. The number of para-hydroxylation sites is 3. The summed E-state index contributed by atoms with van der Waals surface area (Å²) in [6, 6.07) is 92.2. The molecular formula is C69H43N5O. The van der Waals surface area contributed by atoms with Gasteiger partial charge >= 0.3 is 0 Å². The summed E-state index contributed by atoms with van der Waals surface area (Å²) in [4.78, 5) is 16.1. The number of furan rings is 1. The highest BCUT2D eigenvalue weighted by Crippen LogP contribution is 2.46. The predicted octanol–water partition coefficient (Wildman–Crippen LogP) is 18.0. The Morgan fingerprint density at radius 2 is 0.747 bits per heavy atom. The van der Waals surface area contributed by atoms with Crippen LogP contribution in [0.5, 0.6) is 0 Å². The van der Waals surface area contributed by atoms with Crippen LogP contribution >= 0.6 is 0 Å². The van der Waals surface area contributed by atoms with Crippen molar-refractivity contribution in [2.45, 2.75) is 0 Å². The van der Waals surface area contributed by atoms with Gasteiger partial charge in [0.05, 0.1) is 27.8 Å². The van der Waals surface area contributed by atoms with Crippen molar-refractivity contribution in [2.24, 2.45) is 0 Å². The molecule has 15 rings (SSSR count). The molecule has 6 nitrogen and oxygen atoms in total. The molecule has 350 valence electrons. The van der Waals surface area contributed by atoms with E-state index in [1.165, 1.54) is 32.8 Å². The fourth-order valence-corrected chi connectivity index (χ4v) is 11.6. The molecule has 0 fully saturated rings. The van der Waals surface area contributed by atoms with Gasteiger partial charge in [-0.2, -0.15) is 0 Å². The average molecular weight is 958 g/mol. The number of aromatic nitrogens is 5. The molecule has 0 saturated heterocycles. The van der Waals surface area contributed by atoms with Gasteiger partial charge in [0.1, 0.15) is 11.2 Å². The summed E-state index contributed by atoms with van der Waals surface area (Å²) in [7, 11) is 0. The van der Waals surface area contributed by atoms with Crippen LogP contribution in [0.2, 0.25) is 0 Å². The molecule has 15 aromatic rings. The molecule has 0 unspecified atom stereocenters. The van der Waals surface area contributed by atoms with Gasteiger partial charge in [-0.05, 0) is 94.0 Å². The molecule has 75 heavy (non-hydrogen) atoms. The number of rotatable bonds is 8. The molecule has 0 amide bonds. The molecule has 6 heteroatoms. The molecule has 0 aliphatic rings. The number of hydrogen-bond acceptors (Lipinski definition) is 4. The Hall–Kier alpha value is -10.2. The molecule has 0 N–H and O–H groups in total. The zero-order valence-electron chi connectivity index (χ0n) is 40.5. The molecule has 0 aliphatic heterocycles. The Labute approximate surface area is 431 Å². The Kier molecular flexibility index (Phi) is 9.78. The lowest BCUT2D eigenvalue weighted by atomic mass is 9.95. The van der Waals surface area contributed by atoms with E-state index in [0.29, 0.717) is 17.5 Å². The van der Waals surface area contributed by atoms with Crippen LogP contribution in [0, 0.1) is 0 Å². The van der Waals surface area contributed by atoms with Crippen molar-refractivity contribution in [3.05, 3.63) is 261 Å². The lowest BCUT2D eigenvalue weighted by molar-refractivity contribution is 0.669. The molecule has 4 heterocycles. The second kappa shape index (κ2) is 17.3. The van der Waals surface area contributed by atoms with Crippen LogP contribution in [0.15, 0.2) is 265 Å². The Morgan fingerprint density at radius 1 is 0.267 bits per heavy atom. The lowest BCUT2D eigenvalue weighted by Crippen LogP contribution is -2.03. The maximum atomic E-state index is 6.61. The predicted molar refractivity (Wildman–Crippen MR) is 308 cm³/mol. The summed E-state index contributed by atoms with van der Waals surface area (Å²) < 4.78 is 11.4. The van der Waals surface area contributed by atoms with Gasteiger partial charge < -0.3 is 13.6 Å². The maximum absolute atomic E-state index is 6.61. The number of benzene rings is 11. The SMILES string of the molecule is c1ccc(-c2ccc3c4c(-c5cccc6c5c5ccccc5n6-c5ccccc5-c5nc(-c6ccccc6)nc(-c6cccc7oc8cccc(-c9ccccc9)c8c67)n5)cccc4n(-c4ccccc4)c3c2)cc1. The van der Waals surface area contributed by atoms with Gasteiger partial charge in [0.15, 0.2) is 17.5 Å². The van der Waals surface area contributed by atoms with Gasteiger partial charge in [0.2, 0.25) is 0 Å². The Bertz CT molecular complexity index is 4690. The summed E-state index contributed by atoms with van der Waals surface area (Å²) in [5.74, 6) is 1.72. The molecule has 0 atom stereocenters. The van der Waals surface area contributed by atoms with Gasteiger partial charge in [-0.25, -0.2) is 15.0 Å². The third kappa shape index (κ3) is 6.84. The molecular weight excluding hydrogens is 915 g/mol. The summed E-state index contributed by atoms with van der Waals surface area (Å²) in [5, 5.41) is 6.72. The first-order chi connectivity index (χ1) is 37.2. The molecule has 4 aromatic heterocycles. The van der Waals surface area contributed by atoms with Crippen LogP contribution in [-0.2, 0) is 0 Å². The van der Waals surface area contributed by atoms with Crippen molar-refractivity contribution in [2.75, 3.05) is 0 Å². The van der Waals surface area contributed by atoms with Crippen LogP contribution in [0.4, 0.5) is 0 Å². The van der Waals surface area contributed by atoms with Gasteiger partial charge in [-0.15, -0.1) is 0 Å². The van der Waals surface area contributed by atoms with E-state index in [9.17, 15) is 0 Å². The van der Waals surface area contributed by atoms with Crippen LogP contribution in [0.3, 0.4) is 0 Å². The largest absolute Gasteiger partial charge is 0.456 e. The Balaban J connectivity index is 0.961. The van der Waals surface area contributed by atoms with Gasteiger partial charge in [0, 0.05) is 54.7 Å². The van der Waals surface area contributed by atoms with Crippen molar-refractivity contribution in [3.8, 4) is 78.9 Å². The summed E-state index contributed by atoms with van der Waals surface area (Å²) in [6.07, 6.45) is 0.